The van der Waals surface area contributed by atoms with E-state index in [4.69, 9.17) is 6.42 Å². The summed E-state index contributed by atoms with van der Waals surface area (Å²) in [6.07, 6.45) is 5.33. The molecule has 1 heterocycles. The number of terminal acetylenes is 1. The van der Waals surface area contributed by atoms with Gasteiger partial charge in [0.15, 0.2) is 0 Å². The lowest BCUT2D eigenvalue weighted by molar-refractivity contribution is -0.115. The maximum absolute atomic E-state index is 12.2. The molecule has 0 aliphatic heterocycles. The molecule has 5 nitrogen and oxygen atoms in total. The van der Waals surface area contributed by atoms with Crippen LogP contribution in [0.3, 0.4) is 0 Å². The smallest absolute Gasteiger partial charge is 0.271 e. The number of thiazole rings is 1. The molecule has 2 N–H and O–H groups in total. The van der Waals surface area contributed by atoms with Crippen molar-refractivity contribution in [3.63, 3.8) is 0 Å². The lowest BCUT2D eigenvalue weighted by Gasteiger charge is -2.06. The van der Waals surface area contributed by atoms with Crippen LogP contribution in [-0.2, 0) is 4.79 Å². The number of amides is 2. The van der Waals surface area contributed by atoms with E-state index in [2.05, 4.69) is 21.5 Å². The summed E-state index contributed by atoms with van der Waals surface area (Å²) in [6, 6.07) is 16.5. The number of aromatic nitrogens is 1. The highest BCUT2D eigenvalue weighted by atomic mass is 32.1. The summed E-state index contributed by atoms with van der Waals surface area (Å²) >= 11 is 1.38. The Hall–Kier alpha value is -3.43. The molecule has 0 aliphatic rings. The zero-order valence-electron chi connectivity index (χ0n) is 13.7. The van der Waals surface area contributed by atoms with Crippen molar-refractivity contribution in [2.75, 3.05) is 11.9 Å². The van der Waals surface area contributed by atoms with Crippen molar-refractivity contribution in [1.29, 1.82) is 0 Å². The van der Waals surface area contributed by atoms with Crippen LogP contribution in [0.2, 0.25) is 0 Å². The van der Waals surface area contributed by atoms with Crippen LogP contribution in [0.5, 0.6) is 0 Å². The summed E-state index contributed by atoms with van der Waals surface area (Å²) in [5.41, 5.74) is 2.49. The molecular weight excluding hydrogens is 346 g/mol. The van der Waals surface area contributed by atoms with Crippen molar-refractivity contribution in [2.45, 2.75) is 0 Å². The van der Waals surface area contributed by atoms with Crippen molar-refractivity contribution in [1.82, 2.24) is 10.3 Å². The summed E-state index contributed by atoms with van der Waals surface area (Å²) < 4.78 is 0. The Bertz CT molecular complexity index is 974. The Morgan fingerprint density at radius 2 is 1.92 bits per heavy atom. The van der Waals surface area contributed by atoms with Gasteiger partial charge in [-0.15, -0.1) is 17.8 Å². The van der Waals surface area contributed by atoms with E-state index in [0.717, 1.165) is 10.6 Å². The minimum atomic E-state index is -0.393. The predicted molar refractivity (Wildman–Crippen MR) is 103 cm³/mol. The monoisotopic (exact) mass is 361 g/mol. The van der Waals surface area contributed by atoms with Gasteiger partial charge in [0.1, 0.15) is 10.7 Å². The van der Waals surface area contributed by atoms with E-state index in [1.165, 1.54) is 11.3 Å². The Morgan fingerprint density at radius 3 is 2.69 bits per heavy atom. The standard InChI is InChI=1S/C20H15N3O2S/c1-2-14-7-6-10-16(11-14)22-18(24)12-21-19(25)17-13-26-20(23-17)15-8-4-3-5-9-15/h1,3-11,13H,12H2,(H,21,25)(H,22,24). The number of anilines is 1. The Labute approximate surface area is 155 Å². The molecule has 0 aliphatic carbocycles. The second-order valence-electron chi connectivity index (χ2n) is 5.36. The van der Waals surface area contributed by atoms with E-state index in [-0.39, 0.29) is 18.1 Å². The maximum Gasteiger partial charge on any atom is 0.271 e. The molecule has 3 aromatic rings. The largest absolute Gasteiger partial charge is 0.342 e. The minimum absolute atomic E-state index is 0.155. The minimum Gasteiger partial charge on any atom is -0.342 e. The summed E-state index contributed by atoms with van der Waals surface area (Å²) in [5.74, 6) is 1.77. The zero-order chi connectivity index (χ0) is 18.4. The van der Waals surface area contributed by atoms with Crippen molar-refractivity contribution in [2.24, 2.45) is 0 Å². The molecule has 0 unspecified atom stereocenters. The van der Waals surface area contributed by atoms with Gasteiger partial charge in [0, 0.05) is 22.2 Å². The average molecular weight is 361 g/mol. The number of benzene rings is 2. The van der Waals surface area contributed by atoms with Crippen LogP contribution in [-0.4, -0.2) is 23.3 Å². The molecule has 0 saturated carbocycles. The van der Waals surface area contributed by atoms with E-state index >= 15 is 0 Å². The third-order valence-corrected chi connectivity index (χ3v) is 4.37. The third-order valence-electron chi connectivity index (χ3n) is 3.48. The molecule has 2 amide bonds. The van der Waals surface area contributed by atoms with Crippen LogP contribution < -0.4 is 10.6 Å². The molecule has 128 valence electrons. The van der Waals surface area contributed by atoms with E-state index in [0.29, 0.717) is 11.3 Å². The van der Waals surface area contributed by atoms with Gasteiger partial charge >= 0.3 is 0 Å². The lowest BCUT2D eigenvalue weighted by atomic mass is 10.2. The second-order valence-corrected chi connectivity index (χ2v) is 6.22. The number of nitrogens with one attached hydrogen (secondary N) is 2. The van der Waals surface area contributed by atoms with Crippen LogP contribution in [0.4, 0.5) is 5.69 Å². The number of rotatable bonds is 5. The van der Waals surface area contributed by atoms with Gasteiger partial charge in [0.05, 0.1) is 6.54 Å². The normalized spacial score (nSPS) is 9.96. The van der Waals surface area contributed by atoms with Gasteiger partial charge in [0.2, 0.25) is 5.91 Å². The molecule has 0 fully saturated rings. The number of nitrogens with zero attached hydrogens (tertiary/aromatic N) is 1. The number of hydrogen-bond acceptors (Lipinski definition) is 4. The predicted octanol–water partition coefficient (Wildman–Crippen LogP) is 3.16. The first-order valence-corrected chi connectivity index (χ1v) is 8.69. The van der Waals surface area contributed by atoms with Crippen LogP contribution in [0, 0.1) is 12.3 Å². The summed E-state index contributed by atoms with van der Waals surface area (Å²) in [4.78, 5) is 28.5. The first-order chi connectivity index (χ1) is 12.7. The molecular formula is C20H15N3O2S. The Balaban J connectivity index is 1.56. The molecule has 0 radical (unpaired) electrons. The molecule has 26 heavy (non-hydrogen) atoms. The van der Waals surface area contributed by atoms with E-state index in [9.17, 15) is 9.59 Å². The third kappa shape index (κ3) is 4.35. The van der Waals surface area contributed by atoms with Crippen LogP contribution in [0.15, 0.2) is 60.0 Å². The van der Waals surface area contributed by atoms with Crippen LogP contribution in [0.25, 0.3) is 10.6 Å². The second kappa shape index (κ2) is 8.10. The topological polar surface area (TPSA) is 71.1 Å². The van der Waals surface area contributed by atoms with Gasteiger partial charge in [-0.25, -0.2) is 4.98 Å². The number of hydrogen-bond donors (Lipinski definition) is 2. The van der Waals surface area contributed by atoms with Crippen molar-refractivity contribution < 1.29 is 9.59 Å². The fraction of sp³-hybridized carbons (Fsp3) is 0.0500. The highest BCUT2D eigenvalue weighted by Crippen LogP contribution is 2.23. The molecule has 2 aromatic carbocycles. The van der Waals surface area contributed by atoms with Crippen molar-refractivity contribution in [3.05, 3.63) is 71.2 Å². The van der Waals surface area contributed by atoms with Crippen LogP contribution in [0.1, 0.15) is 16.1 Å². The van der Waals surface area contributed by atoms with Gasteiger partial charge in [-0.05, 0) is 18.2 Å². The fourth-order valence-electron chi connectivity index (χ4n) is 2.23. The molecule has 0 atom stereocenters. The number of carbonyl (C=O) groups is 2. The summed E-state index contributed by atoms with van der Waals surface area (Å²) in [6.45, 7) is -0.155. The van der Waals surface area contributed by atoms with Crippen molar-refractivity contribution in [3.8, 4) is 22.9 Å². The SMILES string of the molecule is C#Cc1cccc(NC(=O)CNC(=O)c2csc(-c3ccccc3)n2)c1. The maximum atomic E-state index is 12.2. The van der Waals surface area contributed by atoms with Gasteiger partial charge < -0.3 is 10.6 Å². The average Bonchev–Trinajstić information content (AvgIpc) is 3.17. The molecule has 3 rings (SSSR count). The van der Waals surface area contributed by atoms with Gasteiger partial charge in [-0.3, -0.25) is 9.59 Å². The van der Waals surface area contributed by atoms with E-state index < -0.39 is 5.91 Å². The van der Waals surface area contributed by atoms with E-state index in [1.807, 2.05) is 30.3 Å². The Morgan fingerprint density at radius 1 is 1.12 bits per heavy atom. The first kappa shape index (κ1) is 17.4. The first-order valence-electron chi connectivity index (χ1n) is 7.81. The molecule has 0 saturated heterocycles. The Kier molecular flexibility index (Phi) is 5.42. The fourth-order valence-corrected chi connectivity index (χ4v) is 3.04. The number of carbonyl (C=O) groups excluding carboxylic acids is 2. The molecule has 0 bridgehead atoms. The lowest BCUT2D eigenvalue weighted by Crippen LogP contribution is -2.33. The highest BCUT2D eigenvalue weighted by molar-refractivity contribution is 7.13. The van der Waals surface area contributed by atoms with Gasteiger partial charge in [-0.1, -0.05) is 42.3 Å². The highest BCUT2D eigenvalue weighted by Gasteiger charge is 2.13. The van der Waals surface area contributed by atoms with Crippen molar-refractivity contribution >= 4 is 28.8 Å². The van der Waals surface area contributed by atoms with E-state index in [1.54, 1.807) is 29.6 Å². The molecule has 6 heteroatoms. The summed E-state index contributed by atoms with van der Waals surface area (Å²) in [7, 11) is 0. The van der Waals surface area contributed by atoms with Gasteiger partial charge in [-0.2, -0.15) is 0 Å². The summed E-state index contributed by atoms with van der Waals surface area (Å²) in [5, 5.41) is 7.68. The molecule has 0 spiro atoms. The van der Waals surface area contributed by atoms with Gasteiger partial charge in [0.25, 0.3) is 5.91 Å². The molecule has 1 aromatic heterocycles. The zero-order valence-corrected chi connectivity index (χ0v) is 14.5. The van der Waals surface area contributed by atoms with Crippen LogP contribution >= 0.6 is 11.3 Å². The quantitative estimate of drug-likeness (QED) is 0.686.